The summed E-state index contributed by atoms with van der Waals surface area (Å²) in [6.45, 7) is 1.79. The van der Waals surface area contributed by atoms with Crippen molar-refractivity contribution >= 4 is 16.0 Å². The predicted molar refractivity (Wildman–Crippen MR) is 59.9 cm³/mol. The number of carbonyl (C=O) groups is 1. The molecule has 0 aliphatic heterocycles. The first kappa shape index (κ1) is 13.7. The summed E-state index contributed by atoms with van der Waals surface area (Å²) in [4.78, 5) is 10.9. The van der Waals surface area contributed by atoms with Crippen molar-refractivity contribution in [3.05, 3.63) is 12.3 Å². The van der Waals surface area contributed by atoms with Gasteiger partial charge >= 0.3 is 5.97 Å². The third-order valence-electron chi connectivity index (χ3n) is 2.22. The summed E-state index contributed by atoms with van der Waals surface area (Å²) in [5.41, 5.74) is 0. The van der Waals surface area contributed by atoms with Crippen molar-refractivity contribution in [1.82, 2.24) is 14.5 Å². The van der Waals surface area contributed by atoms with Crippen LogP contribution in [0.5, 0.6) is 0 Å². The molecular weight excluding hydrogens is 246 g/mol. The van der Waals surface area contributed by atoms with Crippen LogP contribution in [0.25, 0.3) is 0 Å². The average Bonchev–Trinajstić information content (AvgIpc) is 2.64. The fraction of sp³-hybridized carbons (Fsp3) is 0.556. The molecule has 1 aromatic heterocycles. The second kappa shape index (κ2) is 5.28. The summed E-state index contributed by atoms with van der Waals surface area (Å²) in [5, 5.41) is 12.6. The van der Waals surface area contributed by atoms with Gasteiger partial charge in [-0.2, -0.15) is 9.82 Å². The molecule has 0 saturated carbocycles. The molecule has 8 heteroatoms. The lowest BCUT2D eigenvalue weighted by atomic mass is 10.2. The normalized spacial score (nSPS) is 13.5. The van der Waals surface area contributed by atoms with Gasteiger partial charge in [-0.25, -0.2) is 8.42 Å². The third kappa shape index (κ3) is 3.27. The summed E-state index contributed by atoms with van der Waals surface area (Å²) >= 11 is 0. The molecule has 1 aromatic rings. The molecule has 0 aromatic carbocycles. The van der Waals surface area contributed by atoms with Crippen molar-refractivity contribution in [3.63, 3.8) is 0 Å². The van der Waals surface area contributed by atoms with Crippen LogP contribution < -0.4 is 4.72 Å². The number of sulfonamides is 1. The topological polar surface area (TPSA) is 101 Å². The zero-order valence-electron chi connectivity index (χ0n) is 9.62. The van der Waals surface area contributed by atoms with Crippen LogP contribution in [0.1, 0.15) is 19.8 Å². The lowest BCUT2D eigenvalue weighted by Gasteiger charge is -2.13. The number of carboxylic acid groups (broad SMARTS) is 1. The number of aliphatic carboxylic acids is 1. The van der Waals surface area contributed by atoms with Crippen molar-refractivity contribution in [3.8, 4) is 0 Å². The average molecular weight is 261 g/mol. The maximum Gasteiger partial charge on any atom is 0.321 e. The molecule has 1 heterocycles. The molecule has 0 amide bonds. The van der Waals surface area contributed by atoms with Crippen LogP contribution in [0.3, 0.4) is 0 Å². The Morgan fingerprint density at radius 3 is 2.71 bits per heavy atom. The van der Waals surface area contributed by atoms with Gasteiger partial charge in [0.05, 0.1) is 6.20 Å². The second-order valence-electron chi connectivity index (χ2n) is 3.59. The van der Waals surface area contributed by atoms with E-state index in [4.69, 9.17) is 5.11 Å². The number of hydrogen-bond acceptors (Lipinski definition) is 4. The molecule has 96 valence electrons. The molecule has 1 atom stereocenters. The van der Waals surface area contributed by atoms with Crippen molar-refractivity contribution in [2.75, 3.05) is 0 Å². The molecule has 0 bridgehead atoms. The molecular formula is C9H15N3O4S. The highest BCUT2D eigenvalue weighted by Crippen LogP contribution is 2.08. The monoisotopic (exact) mass is 261 g/mol. The van der Waals surface area contributed by atoms with E-state index in [0.29, 0.717) is 6.42 Å². The Morgan fingerprint density at radius 2 is 2.29 bits per heavy atom. The van der Waals surface area contributed by atoms with Crippen molar-refractivity contribution in [2.45, 2.75) is 30.8 Å². The van der Waals surface area contributed by atoms with E-state index in [1.165, 1.54) is 24.0 Å². The Labute approximate surface area is 99.5 Å². The quantitative estimate of drug-likeness (QED) is 0.747. The van der Waals surface area contributed by atoms with Crippen molar-refractivity contribution in [2.24, 2.45) is 7.05 Å². The van der Waals surface area contributed by atoms with E-state index < -0.39 is 22.0 Å². The predicted octanol–water partition coefficient (Wildman–Crippen LogP) is -0.0483. The van der Waals surface area contributed by atoms with E-state index >= 15 is 0 Å². The smallest absolute Gasteiger partial charge is 0.321 e. The van der Waals surface area contributed by atoms with Crippen molar-refractivity contribution in [1.29, 1.82) is 0 Å². The molecule has 0 aliphatic rings. The van der Waals surface area contributed by atoms with Crippen LogP contribution in [-0.4, -0.2) is 35.3 Å². The minimum atomic E-state index is -3.84. The second-order valence-corrected chi connectivity index (χ2v) is 5.25. The summed E-state index contributed by atoms with van der Waals surface area (Å²) in [6, 6.07) is 0.201. The first-order valence-corrected chi connectivity index (χ1v) is 6.60. The highest BCUT2D eigenvalue weighted by molar-refractivity contribution is 7.89. The summed E-state index contributed by atoms with van der Waals surface area (Å²) in [7, 11) is -2.37. The molecule has 0 spiro atoms. The lowest BCUT2D eigenvalue weighted by molar-refractivity contribution is -0.139. The number of aromatic nitrogens is 2. The number of aryl methyl sites for hydroxylation is 1. The maximum absolute atomic E-state index is 11.9. The zero-order valence-corrected chi connectivity index (χ0v) is 10.4. The van der Waals surface area contributed by atoms with E-state index in [1.54, 1.807) is 6.92 Å². The van der Waals surface area contributed by atoms with Gasteiger partial charge in [0.1, 0.15) is 6.04 Å². The Morgan fingerprint density at radius 1 is 1.65 bits per heavy atom. The highest BCUT2D eigenvalue weighted by Gasteiger charge is 2.26. The maximum atomic E-state index is 11.9. The first-order valence-electron chi connectivity index (χ1n) is 5.11. The van der Waals surface area contributed by atoms with E-state index in [1.807, 2.05) is 0 Å². The van der Waals surface area contributed by atoms with Gasteiger partial charge in [0, 0.05) is 7.05 Å². The van der Waals surface area contributed by atoms with E-state index in [-0.39, 0.29) is 11.4 Å². The molecule has 0 saturated heterocycles. The van der Waals surface area contributed by atoms with Gasteiger partial charge in [-0.1, -0.05) is 13.3 Å². The fourth-order valence-electron chi connectivity index (χ4n) is 1.39. The number of carboxylic acids is 1. The molecule has 1 rings (SSSR count). The van der Waals surface area contributed by atoms with Gasteiger partial charge in [0.15, 0.2) is 5.03 Å². The van der Waals surface area contributed by atoms with Crippen LogP contribution in [0.2, 0.25) is 0 Å². The SMILES string of the molecule is CCC[C@H](NS(=O)(=O)c1ccnn1C)C(=O)O. The molecule has 0 fully saturated rings. The van der Waals surface area contributed by atoms with Crippen LogP contribution in [-0.2, 0) is 21.9 Å². The van der Waals surface area contributed by atoms with Gasteiger partial charge < -0.3 is 5.11 Å². The fourth-order valence-corrected chi connectivity index (χ4v) is 2.74. The van der Waals surface area contributed by atoms with Crippen LogP contribution in [0.4, 0.5) is 0 Å². The molecule has 7 nitrogen and oxygen atoms in total. The zero-order chi connectivity index (χ0) is 13.1. The minimum Gasteiger partial charge on any atom is -0.480 e. The van der Waals surface area contributed by atoms with Gasteiger partial charge in [0.25, 0.3) is 10.0 Å². The van der Waals surface area contributed by atoms with Gasteiger partial charge in [-0.3, -0.25) is 9.48 Å². The Kier molecular flexibility index (Phi) is 4.24. The largest absolute Gasteiger partial charge is 0.480 e. The Hall–Kier alpha value is -1.41. The van der Waals surface area contributed by atoms with E-state index in [0.717, 1.165) is 0 Å². The van der Waals surface area contributed by atoms with Crippen LogP contribution in [0.15, 0.2) is 17.3 Å². The van der Waals surface area contributed by atoms with E-state index in [9.17, 15) is 13.2 Å². The number of rotatable bonds is 6. The molecule has 0 radical (unpaired) electrons. The number of nitrogens with zero attached hydrogens (tertiary/aromatic N) is 2. The summed E-state index contributed by atoms with van der Waals surface area (Å²) < 4.78 is 27.1. The Balaban J connectivity index is 2.93. The highest BCUT2D eigenvalue weighted by atomic mass is 32.2. The summed E-state index contributed by atoms with van der Waals surface area (Å²) in [6.07, 6.45) is 2.15. The first-order chi connectivity index (χ1) is 7.88. The standard InChI is InChI=1S/C9H15N3O4S/c1-3-4-7(9(13)14)11-17(15,16)8-5-6-10-12(8)2/h5-7,11H,3-4H2,1-2H3,(H,13,14)/t7-/m0/s1. The van der Waals surface area contributed by atoms with Crippen LogP contribution >= 0.6 is 0 Å². The van der Waals surface area contributed by atoms with Crippen molar-refractivity contribution < 1.29 is 18.3 Å². The van der Waals surface area contributed by atoms with Gasteiger partial charge in [-0.15, -0.1) is 0 Å². The molecule has 0 unspecified atom stereocenters. The minimum absolute atomic E-state index is 0.0557. The third-order valence-corrected chi connectivity index (χ3v) is 3.77. The number of hydrogen-bond donors (Lipinski definition) is 2. The molecule has 17 heavy (non-hydrogen) atoms. The Bertz CT molecular complexity index is 494. The lowest BCUT2D eigenvalue weighted by Crippen LogP contribution is -2.41. The van der Waals surface area contributed by atoms with Gasteiger partial charge in [0.2, 0.25) is 0 Å². The van der Waals surface area contributed by atoms with E-state index in [2.05, 4.69) is 9.82 Å². The summed E-state index contributed by atoms with van der Waals surface area (Å²) in [5.74, 6) is -1.18. The van der Waals surface area contributed by atoms with Gasteiger partial charge in [-0.05, 0) is 12.5 Å². The van der Waals surface area contributed by atoms with Crippen LogP contribution in [0, 0.1) is 0 Å². The molecule has 0 aliphatic carbocycles. The number of nitrogens with one attached hydrogen (secondary N) is 1. The molecule has 2 N–H and O–H groups in total.